The average Bonchev–Trinajstić information content (AvgIpc) is 2.66. The first kappa shape index (κ1) is 14.6. The predicted molar refractivity (Wildman–Crippen MR) is 74.8 cm³/mol. The molecule has 2 amide bonds. The monoisotopic (exact) mass is 288 g/mol. The van der Waals surface area contributed by atoms with Gasteiger partial charge in [-0.25, -0.2) is 13.2 Å². The van der Waals surface area contributed by atoms with Gasteiger partial charge < -0.3 is 10.2 Å². The zero-order chi connectivity index (χ0) is 14.0. The quantitative estimate of drug-likeness (QED) is 0.835. The van der Waals surface area contributed by atoms with Crippen LogP contribution in [-0.4, -0.2) is 49.5 Å². The van der Waals surface area contributed by atoms with Crippen LogP contribution in [-0.2, 0) is 9.84 Å². The van der Waals surface area contributed by atoms with E-state index < -0.39 is 9.84 Å². The molecule has 0 aromatic heterocycles. The van der Waals surface area contributed by atoms with Crippen molar-refractivity contribution in [3.05, 3.63) is 0 Å². The normalized spacial score (nSPS) is 34.2. The highest BCUT2D eigenvalue weighted by molar-refractivity contribution is 7.91. The molecular formula is C13H24N2O3S. The van der Waals surface area contributed by atoms with Crippen molar-refractivity contribution < 1.29 is 13.2 Å². The summed E-state index contributed by atoms with van der Waals surface area (Å²) in [5.74, 6) is 0.576. The fourth-order valence-electron chi connectivity index (χ4n) is 3.18. The van der Waals surface area contributed by atoms with E-state index in [1.165, 1.54) is 6.42 Å². The van der Waals surface area contributed by atoms with Crippen LogP contribution in [0.5, 0.6) is 0 Å². The molecule has 2 saturated heterocycles. The number of amides is 2. The highest BCUT2D eigenvalue weighted by Crippen LogP contribution is 2.23. The number of nitrogens with one attached hydrogen (secondary N) is 1. The lowest BCUT2D eigenvalue weighted by atomic mass is 9.98. The number of carbonyl (C=O) groups excluding carboxylic acids is 1. The van der Waals surface area contributed by atoms with Crippen LogP contribution in [0, 0.1) is 5.92 Å². The Labute approximate surface area is 115 Å². The summed E-state index contributed by atoms with van der Waals surface area (Å²) in [5, 5.41) is 2.92. The Kier molecular flexibility index (Phi) is 4.38. The van der Waals surface area contributed by atoms with Crippen molar-refractivity contribution in [1.82, 2.24) is 10.2 Å². The Hall–Kier alpha value is -0.780. The number of carbonyl (C=O) groups is 1. The van der Waals surface area contributed by atoms with E-state index in [1.54, 1.807) is 0 Å². The molecule has 0 aromatic rings. The number of urea groups is 1. The summed E-state index contributed by atoms with van der Waals surface area (Å²) in [7, 11) is -2.85. The first-order valence-electron chi connectivity index (χ1n) is 7.15. The van der Waals surface area contributed by atoms with Crippen LogP contribution < -0.4 is 5.32 Å². The molecule has 2 aliphatic heterocycles. The molecule has 2 heterocycles. The first-order valence-corrected chi connectivity index (χ1v) is 8.98. The van der Waals surface area contributed by atoms with Crippen LogP contribution in [0.25, 0.3) is 0 Å². The molecule has 19 heavy (non-hydrogen) atoms. The lowest BCUT2D eigenvalue weighted by Crippen LogP contribution is -2.52. The Bertz CT molecular complexity index is 425. The molecule has 110 valence electrons. The Morgan fingerprint density at radius 3 is 2.37 bits per heavy atom. The van der Waals surface area contributed by atoms with Crippen molar-refractivity contribution >= 4 is 15.9 Å². The van der Waals surface area contributed by atoms with E-state index in [4.69, 9.17) is 0 Å². The number of likely N-dealkylation sites (tertiary alicyclic amines) is 1. The second-order valence-corrected chi connectivity index (χ2v) is 8.22. The molecule has 2 aliphatic rings. The van der Waals surface area contributed by atoms with E-state index in [1.807, 2.05) is 4.90 Å². The maximum Gasteiger partial charge on any atom is 0.317 e. The topological polar surface area (TPSA) is 66.5 Å². The SMILES string of the molecule is CC1CCCC(C)N1C(=O)NCC1CCS(=O)(=O)C1. The van der Waals surface area contributed by atoms with Crippen LogP contribution in [0.2, 0.25) is 0 Å². The minimum absolute atomic E-state index is 0.0380. The molecule has 0 spiro atoms. The molecule has 2 rings (SSSR count). The number of piperidine rings is 1. The van der Waals surface area contributed by atoms with Crippen LogP contribution in [0.4, 0.5) is 4.79 Å². The van der Waals surface area contributed by atoms with Crippen molar-refractivity contribution in [2.24, 2.45) is 5.92 Å². The third kappa shape index (κ3) is 3.61. The fourth-order valence-corrected chi connectivity index (χ4v) is 5.04. The molecule has 0 bridgehead atoms. The molecule has 0 saturated carbocycles. The van der Waals surface area contributed by atoms with Crippen molar-refractivity contribution in [3.63, 3.8) is 0 Å². The highest BCUT2D eigenvalue weighted by atomic mass is 32.2. The maximum absolute atomic E-state index is 12.2. The Balaban J connectivity index is 1.84. The standard InChI is InChI=1S/C13H24N2O3S/c1-10-4-3-5-11(2)15(10)13(16)14-8-12-6-7-19(17,18)9-12/h10-12H,3-9H2,1-2H3,(H,14,16). The molecule has 3 atom stereocenters. The van der Waals surface area contributed by atoms with Gasteiger partial charge in [0, 0.05) is 18.6 Å². The minimum Gasteiger partial charge on any atom is -0.338 e. The molecule has 2 fully saturated rings. The summed E-state index contributed by atoms with van der Waals surface area (Å²) in [6.07, 6.45) is 3.95. The summed E-state index contributed by atoms with van der Waals surface area (Å²) in [6.45, 7) is 4.64. The molecule has 1 N–H and O–H groups in total. The summed E-state index contributed by atoms with van der Waals surface area (Å²) >= 11 is 0. The largest absolute Gasteiger partial charge is 0.338 e. The van der Waals surface area contributed by atoms with Gasteiger partial charge in [0.2, 0.25) is 0 Å². The van der Waals surface area contributed by atoms with Gasteiger partial charge in [0.25, 0.3) is 0 Å². The van der Waals surface area contributed by atoms with Crippen LogP contribution in [0.3, 0.4) is 0 Å². The van der Waals surface area contributed by atoms with Gasteiger partial charge in [0.05, 0.1) is 11.5 Å². The fraction of sp³-hybridized carbons (Fsp3) is 0.923. The summed E-state index contributed by atoms with van der Waals surface area (Å²) < 4.78 is 22.7. The number of nitrogens with zero attached hydrogens (tertiary/aromatic N) is 1. The number of sulfone groups is 1. The van der Waals surface area contributed by atoms with Gasteiger partial charge in [0.1, 0.15) is 0 Å². The van der Waals surface area contributed by atoms with E-state index in [2.05, 4.69) is 19.2 Å². The van der Waals surface area contributed by atoms with Gasteiger partial charge in [-0.15, -0.1) is 0 Å². The van der Waals surface area contributed by atoms with E-state index in [0.29, 0.717) is 13.0 Å². The summed E-state index contributed by atoms with van der Waals surface area (Å²) in [5.41, 5.74) is 0. The minimum atomic E-state index is -2.85. The van der Waals surface area contributed by atoms with E-state index >= 15 is 0 Å². The van der Waals surface area contributed by atoms with Crippen molar-refractivity contribution in [2.75, 3.05) is 18.1 Å². The van der Waals surface area contributed by atoms with Crippen LogP contribution in [0.15, 0.2) is 0 Å². The van der Waals surface area contributed by atoms with Gasteiger partial charge >= 0.3 is 6.03 Å². The third-order valence-electron chi connectivity index (χ3n) is 4.30. The van der Waals surface area contributed by atoms with Gasteiger partial charge in [-0.05, 0) is 45.4 Å². The van der Waals surface area contributed by atoms with E-state index in [-0.39, 0.29) is 35.5 Å². The van der Waals surface area contributed by atoms with Gasteiger partial charge in [-0.2, -0.15) is 0 Å². The van der Waals surface area contributed by atoms with Crippen molar-refractivity contribution in [3.8, 4) is 0 Å². The molecular weight excluding hydrogens is 264 g/mol. The van der Waals surface area contributed by atoms with Gasteiger partial charge in [0.15, 0.2) is 9.84 Å². The number of hydrogen-bond acceptors (Lipinski definition) is 3. The predicted octanol–water partition coefficient (Wildman–Crippen LogP) is 1.39. The van der Waals surface area contributed by atoms with E-state index in [0.717, 1.165) is 12.8 Å². The first-order chi connectivity index (χ1) is 8.89. The lowest BCUT2D eigenvalue weighted by molar-refractivity contribution is 0.122. The van der Waals surface area contributed by atoms with Crippen LogP contribution in [0.1, 0.15) is 39.5 Å². The van der Waals surface area contributed by atoms with Gasteiger partial charge in [-0.3, -0.25) is 0 Å². The molecule has 5 nitrogen and oxygen atoms in total. The zero-order valence-corrected chi connectivity index (χ0v) is 12.6. The highest BCUT2D eigenvalue weighted by Gasteiger charge is 2.31. The van der Waals surface area contributed by atoms with E-state index in [9.17, 15) is 13.2 Å². The van der Waals surface area contributed by atoms with Crippen LogP contribution >= 0.6 is 0 Å². The maximum atomic E-state index is 12.2. The number of hydrogen-bond donors (Lipinski definition) is 1. The van der Waals surface area contributed by atoms with Gasteiger partial charge in [-0.1, -0.05) is 0 Å². The smallest absolute Gasteiger partial charge is 0.317 e. The Morgan fingerprint density at radius 2 is 1.84 bits per heavy atom. The number of rotatable bonds is 2. The van der Waals surface area contributed by atoms with Crippen molar-refractivity contribution in [2.45, 2.75) is 51.6 Å². The summed E-state index contributed by atoms with van der Waals surface area (Å²) in [6, 6.07) is 0.510. The molecule has 0 aromatic carbocycles. The molecule has 0 aliphatic carbocycles. The molecule has 6 heteroatoms. The second-order valence-electron chi connectivity index (χ2n) is 5.99. The Morgan fingerprint density at radius 1 is 1.21 bits per heavy atom. The average molecular weight is 288 g/mol. The molecule has 3 unspecified atom stereocenters. The second kappa shape index (κ2) is 5.69. The lowest BCUT2D eigenvalue weighted by Gasteiger charge is -2.39. The summed E-state index contributed by atoms with van der Waals surface area (Å²) in [4.78, 5) is 14.1. The third-order valence-corrected chi connectivity index (χ3v) is 6.13. The van der Waals surface area contributed by atoms with Crippen molar-refractivity contribution in [1.29, 1.82) is 0 Å². The zero-order valence-electron chi connectivity index (χ0n) is 11.8. The molecule has 0 radical (unpaired) electrons.